The van der Waals surface area contributed by atoms with Crippen LogP contribution in [0.1, 0.15) is 69.7 Å². The number of carbonyl (C=O) groups is 4. The predicted molar refractivity (Wildman–Crippen MR) is 168 cm³/mol. The Bertz CT molecular complexity index is 1520. The van der Waals surface area contributed by atoms with Gasteiger partial charge in [0.05, 0.1) is 32.0 Å². The van der Waals surface area contributed by atoms with Gasteiger partial charge in [0.25, 0.3) is 5.09 Å². The van der Waals surface area contributed by atoms with Crippen LogP contribution >= 0.6 is 0 Å². The molecule has 4 aliphatic carbocycles. The third kappa shape index (κ3) is 6.83. The zero-order chi connectivity index (χ0) is 34.8. The Hall–Kier alpha value is -4.26. The van der Waals surface area contributed by atoms with Crippen molar-refractivity contribution in [1.29, 1.82) is 0 Å². The highest BCUT2D eigenvalue weighted by Crippen LogP contribution is 2.67. The molecule has 0 heterocycles. The summed E-state index contributed by atoms with van der Waals surface area (Å²) in [7, 11) is 1.33. The van der Waals surface area contributed by atoms with E-state index < -0.39 is 46.7 Å². The summed E-state index contributed by atoms with van der Waals surface area (Å²) in [6, 6.07) is 4.06. The van der Waals surface area contributed by atoms with Gasteiger partial charge in [-0.1, -0.05) is 32.4 Å². The van der Waals surface area contributed by atoms with E-state index in [0.717, 1.165) is 24.8 Å². The smallest absolute Gasteiger partial charge is 0.493 e. The van der Waals surface area contributed by atoms with E-state index in [4.69, 9.17) is 18.9 Å². The van der Waals surface area contributed by atoms with Gasteiger partial charge in [-0.05, 0) is 92.0 Å². The van der Waals surface area contributed by atoms with Crippen molar-refractivity contribution >= 4 is 23.7 Å². The monoisotopic (exact) mass is 669 g/mol. The molecular weight excluding hydrogens is 626 g/mol. The third-order valence-electron chi connectivity index (χ3n) is 11.1. The number of ketones is 2. The van der Waals surface area contributed by atoms with Gasteiger partial charge in [-0.2, -0.15) is 0 Å². The Balaban J connectivity index is 1.17. The number of allylic oxidation sites excluding steroid dienone is 4. The van der Waals surface area contributed by atoms with Crippen LogP contribution in [0.25, 0.3) is 0 Å². The van der Waals surface area contributed by atoms with Crippen molar-refractivity contribution < 1.29 is 53.2 Å². The van der Waals surface area contributed by atoms with E-state index in [1.54, 1.807) is 12.2 Å². The van der Waals surface area contributed by atoms with Crippen LogP contribution in [0.2, 0.25) is 0 Å². The summed E-state index contributed by atoms with van der Waals surface area (Å²) in [6.45, 7) is 5.67. The zero-order valence-corrected chi connectivity index (χ0v) is 27.7. The average molecular weight is 670 g/mol. The van der Waals surface area contributed by atoms with Crippen molar-refractivity contribution in [2.75, 3.05) is 26.9 Å². The SMILES string of the molecule is COc1cc(C(=O)OCCCCO[N+](=O)[O-])ccc1OC(=O)OCC(=O)C1C(C)CC2C3CCC4=CC(=O)C=CC4(C)C3C(O)CC21C. The van der Waals surface area contributed by atoms with Crippen molar-refractivity contribution in [2.45, 2.75) is 65.4 Å². The number of rotatable bonds is 12. The number of hydrogen-bond donors (Lipinski definition) is 1. The molecule has 0 saturated heterocycles. The van der Waals surface area contributed by atoms with Crippen molar-refractivity contribution in [3.63, 3.8) is 0 Å². The second kappa shape index (κ2) is 14.1. The number of methoxy groups -OCH3 is 1. The van der Waals surface area contributed by atoms with Crippen LogP contribution in [0.5, 0.6) is 11.5 Å². The van der Waals surface area contributed by atoms with Crippen LogP contribution in [0, 0.1) is 50.5 Å². The quantitative estimate of drug-likeness (QED) is 0.103. The molecule has 260 valence electrons. The van der Waals surface area contributed by atoms with Crippen LogP contribution in [-0.2, 0) is 23.9 Å². The summed E-state index contributed by atoms with van der Waals surface area (Å²) in [4.78, 5) is 65.3. The van der Waals surface area contributed by atoms with Gasteiger partial charge in [0.15, 0.2) is 29.7 Å². The standard InChI is InChI=1S/C35H43NO12/c1-20-15-25-24-9-8-22-17-23(37)11-12-34(22,2)31(24)26(38)18-35(25,3)30(20)27(39)19-46-33(41)48-28-10-7-21(16-29(28)44-4)32(40)45-13-5-6-14-47-36(42)43/h7,10-12,16-17,20,24-26,30-31,38H,5-6,8-9,13-15,18-19H2,1-4H3. The molecule has 3 saturated carbocycles. The Morgan fingerprint density at radius 3 is 2.58 bits per heavy atom. The molecule has 8 atom stereocenters. The van der Waals surface area contributed by atoms with E-state index in [2.05, 4.69) is 18.7 Å². The summed E-state index contributed by atoms with van der Waals surface area (Å²) in [6.07, 6.45) is 7.12. The first-order chi connectivity index (χ1) is 22.8. The fraction of sp³-hybridized carbons (Fsp3) is 0.600. The summed E-state index contributed by atoms with van der Waals surface area (Å²) in [5.41, 5.74) is 0.331. The van der Waals surface area contributed by atoms with Gasteiger partial charge in [0.1, 0.15) is 0 Å². The maximum absolute atomic E-state index is 13.7. The number of ether oxygens (including phenoxy) is 4. The Labute approximate surface area is 278 Å². The van der Waals surface area contributed by atoms with Crippen molar-refractivity contribution in [2.24, 2.45) is 40.4 Å². The lowest BCUT2D eigenvalue weighted by Crippen LogP contribution is -2.56. The number of aliphatic hydroxyl groups excluding tert-OH is 1. The van der Waals surface area contributed by atoms with Crippen molar-refractivity contribution in [3.05, 3.63) is 57.7 Å². The maximum Gasteiger partial charge on any atom is 0.514 e. The summed E-state index contributed by atoms with van der Waals surface area (Å²) >= 11 is 0. The van der Waals surface area contributed by atoms with Crippen LogP contribution in [0.4, 0.5) is 4.79 Å². The van der Waals surface area contributed by atoms with Crippen molar-refractivity contribution in [3.8, 4) is 11.5 Å². The molecule has 5 rings (SSSR count). The molecule has 1 aromatic rings. The fourth-order valence-corrected chi connectivity index (χ4v) is 9.19. The number of Topliss-reactive ketones (excluding diaryl/α,β-unsaturated/α-hetero) is 1. The van der Waals surface area contributed by atoms with Gasteiger partial charge >= 0.3 is 12.1 Å². The molecule has 1 aromatic carbocycles. The maximum atomic E-state index is 13.7. The Morgan fingerprint density at radius 2 is 1.85 bits per heavy atom. The van der Waals surface area contributed by atoms with E-state index in [1.165, 1.54) is 25.3 Å². The summed E-state index contributed by atoms with van der Waals surface area (Å²) in [5.74, 6) is -0.917. The highest BCUT2D eigenvalue weighted by atomic mass is 16.9. The molecule has 48 heavy (non-hydrogen) atoms. The number of unbranched alkanes of at least 4 members (excludes halogenated alkanes) is 1. The van der Waals surface area contributed by atoms with Crippen LogP contribution < -0.4 is 9.47 Å². The lowest BCUT2D eigenvalue weighted by molar-refractivity contribution is -0.757. The van der Waals surface area contributed by atoms with E-state index in [1.807, 2.05) is 13.0 Å². The first-order valence-electron chi connectivity index (χ1n) is 16.4. The molecule has 0 amide bonds. The first-order valence-corrected chi connectivity index (χ1v) is 16.4. The predicted octanol–water partition coefficient (Wildman–Crippen LogP) is 5.07. The highest BCUT2D eigenvalue weighted by molar-refractivity contribution is 6.01. The minimum absolute atomic E-state index is 0.0147. The number of aliphatic hydroxyl groups is 1. The molecular formula is C35H43NO12. The molecule has 13 nitrogen and oxygen atoms in total. The lowest BCUT2D eigenvalue weighted by atomic mass is 9.46. The molecule has 0 spiro atoms. The largest absolute Gasteiger partial charge is 0.514 e. The third-order valence-corrected chi connectivity index (χ3v) is 11.1. The molecule has 4 aliphatic rings. The number of carbonyl (C=O) groups excluding carboxylic acids is 4. The van der Waals surface area contributed by atoms with E-state index >= 15 is 0 Å². The molecule has 0 aromatic heterocycles. The summed E-state index contributed by atoms with van der Waals surface area (Å²) < 4.78 is 21.0. The fourth-order valence-electron chi connectivity index (χ4n) is 9.19. The number of benzene rings is 1. The Kier molecular flexibility index (Phi) is 10.3. The van der Waals surface area contributed by atoms with Gasteiger partial charge in [-0.15, -0.1) is 10.1 Å². The van der Waals surface area contributed by atoms with Crippen molar-refractivity contribution in [1.82, 2.24) is 0 Å². The van der Waals surface area contributed by atoms with Crippen LogP contribution in [-0.4, -0.2) is 66.9 Å². The number of hydrogen-bond acceptors (Lipinski definition) is 12. The van der Waals surface area contributed by atoms with E-state index in [0.29, 0.717) is 19.3 Å². The molecule has 1 N–H and O–H groups in total. The van der Waals surface area contributed by atoms with Crippen LogP contribution in [0.3, 0.4) is 0 Å². The Morgan fingerprint density at radius 1 is 1.10 bits per heavy atom. The summed E-state index contributed by atoms with van der Waals surface area (Å²) in [5, 5.41) is 20.9. The number of fused-ring (bicyclic) bond motifs is 5. The second-order valence-corrected chi connectivity index (χ2v) is 13.9. The average Bonchev–Trinajstić information content (AvgIpc) is 3.30. The molecule has 0 aliphatic heterocycles. The molecule has 13 heteroatoms. The minimum Gasteiger partial charge on any atom is -0.493 e. The van der Waals surface area contributed by atoms with E-state index in [9.17, 15) is 34.4 Å². The first kappa shape index (κ1) is 35.1. The molecule has 3 fully saturated rings. The number of nitrogens with zero attached hydrogens (tertiary/aromatic N) is 1. The minimum atomic E-state index is -1.11. The zero-order valence-electron chi connectivity index (χ0n) is 27.7. The second-order valence-electron chi connectivity index (χ2n) is 13.9. The van der Waals surface area contributed by atoms with Gasteiger partial charge in [0.2, 0.25) is 0 Å². The van der Waals surface area contributed by atoms with Gasteiger partial charge in [-0.25, -0.2) is 9.59 Å². The molecule has 0 bridgehead atoms. The molecule has 0 radical (unpaired) electrons. The van der Waals surface area contributed by atoms with E-state index in [-0.39, 0.29) is 65.5 Å². The van der Waals surface area contributed by atoms with Crippen LogP contribution in [0.15, 0.2) is 42.0 Å². The highest BCUT2D eigenvalue weighted by Gasteiger charge is 2.64. The van der Waals surface area contributed by atoms with Gasteiger partial charge in [-0.3, -0.25) is 9.59 Å². The topological polar surface area (TPSA) is 178 Å². The van der Waals surface area contributed by atoms with Gasteiger partial charge < -0.3 is 28.9 Å². The number of esters is 1. The normalized spacial score (nSPS) is 31.8. The lowest BCUT2D eigenvalue weighted by Gasteiger charge is -2.58. The van der Waals surface area contributed by atoms with Gasteiger partial charge in [0, 0.05) is 17.3 Å². The molecule has 8 unspecified atom stereocenters.